The zero-order valence-corrected chi connectivity index (χ0v) is 12.9. The molecule has 0 aliphatic rings. The van der Waals surface area contributed by atoms with Crippen LogP contribution in [0.25, 0.3) is 10.9 Å². The van der Waals surface area contributed by atoms with E-state index in [2.05, 4.69) is 15.9 Å². The Hall–Kier alpha value is -1.58. The second kappa shape index (κ2) is 5.43. The lowest BCUT2D eigenvalue weighted by Crippen LogP contribution is -2.09. The molecule has 3 rings (SSSR count). The van der Waals surface area contributed by atoms with E-state index < -0.39 is 0 Å². The molecule has 1 aromatic heterocycles. The highest BCUT2D eigenvalue weighted by molar-refractivity contribution is 9.10. The predicted molar refractivity (Wildman–Crippen MR) is 85.4 cm³/mol. The Morgan fingerprint density at radius 3 is 2.75 bits per heavy atom. The standard InChI is InChI=1S/C16H11BrClNO/c17-12-5-6-15-11(9-12)7-8-19(15)10-16(20)13-3-1-2-4-14(13)18/h1-9H,10H2. The Bertz CT molecular complexity index is 794. The highest BCUT2D eigenvalue weighted by atomic mass is 79.9. The average molecular weight is 349 g/mol. The van der Waals surface area contributed by atoms with Crippen molar-refractivity contribution >= 4 is 44.2 Å². The molecular formula is C16H11BrClNO. The molecule has 0 amide bonds. The summed E-state index contributed by atoms with van der Waals surface area (Å²) in [6, 6.07) is 15.1. The summed E-state index contributed by atoms with van der Waals surface area (Å²) in [4.78, 5) is 12.3. The Morgan fingerprint density at radius 2 is 1.95 bits per heavy atom. The molecule has 0 unspecified atom stereocenters. The molecule has 2 nitrogen and oxygen atoms in total. The van der Waals surface area contributed by atoms with E-state index in [1.54, 1.807) is 12.1 Å². The minimum atomic E-state index is 0.0102. The van der Waals surface area contributed by atoms with E-state index in [-0.39, 0.29) is 12.3 Å². The summed E-state index contributed by atoms with van der Waals surface area (Å²) >= 11 is 9.51. The Labute approximate surface area is 130 Å². The first-order valence-corrected chi connectivity index (χ1v) is 7.34. The van der Waals surface area contributed by atoms with Crippen LogP contribution < -0.4 is 0 Å². The van der Waals surface area contributed by atoms with Crippen molar-refractivity contribution in [2.75, 3.05) is 0 Å². The van der Waals surface area contributed by atoms with Gasteiger partial charge in [0.05, 0.1) is 11.6 Å². The summed E-state index contributed by atoms with van der Waals surface area (Å²) in [5, 5.41) is 1.60. The minimum absolute atomic E-state index is 0.0102. The van der Waals surface area contributed by atoms with Crippen molar-refractivity contribution in [2.45, 2.75) is 6.54 Å². The zero-order valence-electron chi connectivity index (χ0n) is 10.5. The van der Waals surface area contributed by atoms with Gasteiger partial charge in [-0.2, -0.15) is 0 Å². The van der Waals surface area contributed by atoms with Crippen molar-refractivity contribution in [1.82, 2.24) is 4.57 Å². The molecule has 0 aliphatic carbocycles. The van der Waals surface area contributed by atoms with Crippen LogP contribution in [-0.4, -0.2) is 10.4 Å². The predicted octanol–water partition coefficient (Wildman–Crippen LogP) is 4.94. The lowest BCUT2D eigenvalue weighted by Gasteiger charge is -2.06. The van der Waals surface area contributed by atoms with Crippen LogP contribution in [-0.2, 0) is 6.54 Å². The number of nitrogens with zero attached hydrogens (tertiary/aromatic N) is 1. The topological polar surface area (TPSA) is 22.0 Å². The van der Waals surface area contributed by atoms with Gasteiger partial charge in [0.25, 0.3) is 0 Å². The normalized spacial score (nSPS) is 10.9. The fourth-order valence-electron chi connectivity index (χ4n) is 2.24. The van der Waals surface area contributed by atoms with Crippen LogP contribution in [0, 0.1) is 0 Å². The average Bonchev–Trinajstić information content (AvgIpc) is 2.81. The van der Waals surface area contributed by atoms with Gasteiger partial charge in [0.2, 0.25) is 0 Å². The second-order valence-corrected chi connectivity index (χ2v) is 5.87. The van der Waals surface area contributed by atoms with Gasteiger partial charge in [0.15, 0.2) is 5.78 Å². The first-order chi connectivity index (χ1) is 9.65. The molecule has 0 saturated carbocycles. The van der Waals surface area contributed by atoms with E-state index in [0.29, 0.717) is 10.6 Å². The third-order valence-corrected chi connectivity index (χ3v) is 4.04. The van der Waals surface area contributed by atoms with Gasteiger partial charge in [-0.25, -0.2) is 0 Å². The van der Waals surface area contributed by atoms with Crippen molar-refractivity contribution in [1.29, 1.82) is 0 Å². The number of rotatable bonds is 3. The molecule has 0 aliphatic heterocycles. The number of hydrogen-bond acceptors (Lipinski definition) is 1. The maximum atomic E-state index is 12.3. The molecular weight excluding hydrogens is 338 g/mol. The monoisotopic (exact) mass is 347 g/mol. The van der Waals surface area contributed by atoms with Gasteiger partial charge < -0.3 is 4.57 Å². The van der Waals surface area contributed by atoms with Crippen LogP contribution in [0.5, 0.6) is 0 Å². The Kier molecular flexibility index (Phi) is 3.64. The number of carbonyl (C=O) groups is 1. The maximum absolute atomic E-state index is 12.3. The molecule has 20 heavy (non-hydrogen) atoms. The van der Waals surface area contributed by atoms with Gasteiger partial charge in [-0.3, -0.25) is 4.79 Å². The fourth-order valence-corrected chi connectivity index (χ4v) is 2.86. The molecule has 1 heterocycles. The van der Waals surface area contributed by atoms with Crippen LogP contribution in [0.1, 0.15) is 10.4 Å². The highest BCUT2D eigenvalue weighted by Gasteiger charge is 2.11. The van der Waals surface area contributed by atoms with Crippen molar-refractivity contribution in [3.05, 3.63) is 69.8 Å². The lowest BCUT2D eigenvalue weighted by molar-refractivity contribution is 0.0974. The van der Waals surface area contributed by atoms with Crippen molar-refractivity contribution in [3.8, 4) is 0 Å². The van der Waals surface area contributed by atoms with E-state index in [1.165, 1.54) is 0 Å². The SMILES string of the molecule is O=C(Cn1ccc2cc(Br)ccc21)c1ccccc1Cl. The summed E-state index contributed by atoms with van der Waals surface area (Å²) in [6.07, 6.45) is 1.92. The van der Waals surface area contributed by atoms with Crippen LogP contribution >= 0.6 is 27.5 Å². The van der Waals surface area contributed by atoms with Gasteiger partial charge in [-0.15, -0.1) is 0 Å². The number of ketones is 1. The molecule has 0 radical (unpaired) electrons. The summed E-state index contributed by atoms with van der Waals surface area (Å²) in [6.45, 7) is 0.287. The first kappa shape index (κ1) is 13.4. The number of benzene rings is 2. The molecule has 0 saturated heterocycles. The zero-order chi connectivity index (χ0) is 14.1. The molecule has 4 heteroatoms. The number of Topliss-reactive ketones (excluding diaryl/α,β-unsaturated/α-hetero) is 1. The minimum Gasteiger partial charge on any atom is -0.340 e. The summed E-state index contributed by atoms with van der Waals surface area (Å²) < 4.78 is 2.97. The van der Waals surface area contributed by atoms with Crippen molar-refractivity contribution < 1.29 is 4.79 Å². The Morgan fingerprint density at radius 1 is 1.15 bits per heavy atom. The second-order valence-electron chi connectivity index (χ2n) is 4.55. The third kappa shape index (κ3) is 2.51. The molecule has 3 aromatic rings. The van der Waals surface area contributed by atoms with Crippen LogP contribution in [0.3, 0.4) is 0 Å². The van der Waals surface area contributed by atoms with E-state index >= 15 is 0 Å². The summed E-state index contributed by atoms with van der Waals surface area (Å²) in [5.41, 5.74) is 1.60. The van der Waals surface area contributed by atoms with Crippen molar-refractivity contribution in [2.24, 2.45) is 0 Å². The van der Waals surface area contributed by atoms with Gasteiger partial charge in [-0.05, 0) is 36.4 Å². The number of hydrogen-bond donors (Lipinski definition) is 0. The molecule has 0 atom stereocenters. The molecule has 0 N–H and O–H groups in total. The Balaban J connectivity index is 1.94. The highest BCUT2D eigenvalue weighted by Crippen LogP contribution is 2.22. The van der Waals surface area contributed by atoms with Gasteiger partial charge in [0.1, 0.15) is 0 Å². The molecule has 2 aromatic carbocycles. The van der Waals surface area contributed by atoms with E-state index in [1.807, 2.05) is 47.2 Å². The molecule has 0 spiro atoms. The van der Waals surface area contributed by atoms with Crippen LogP contribution in [0.15, 0.2) is 59.2 Å². The summed E-state index contributed by atoms with van der Waals surface area (Å²) in [7, 11) is 0. The van der Waals surface area contributed by atoms with E-state index in [0.717, 1.165) is 15.4 Å². The molecule has 100 valence electrons. The number of aromatic nitrogens is 1. The number of carbonyl (C=O) groups excluding carboxylic acids is 1. The quantitative estimate of drug-likeness (QED) is 0.614. The van der Waals surface area contributed by atoms with Crippen molar-refractivity contribution in [3.63, 3.8) is 0 Å². The summed E-state index contributed by atoms with van der Waals surface area (Å²) in [5.74, 6) is 0.0102. The van der Waals surface area contributed by atoms with Crippen LogP contribution in [0.2, 0.25) is 5.02 Å². The smallest absolute Gasteiger partial charge is 0.183 e. The first-order valence-electron chi connectivity index (χ1n) is 6.17. The fraction of sp³-hybridized carbons (Fsp3) is 0.0625. The largest absolute Gasteiger partial charge is 0.340 e. The number of halogens is 2. The number of fused-ring (bicyclic) bond motifs is 1. The van der Waals surface area contributed by atoms with E-state index in [9.17, 15) is 4.79 Å². The molecule has 0 fully saturated rings. The van der Waals surface area contributed by atoms with Gasteiger partial charge in [-0.1, -0.05) is 39.7 Å². The van der Waals surface area contributed by atoms with Crippen LogP contribution in [0.4, 0.5) is 0 Å². The van der Waals surface area contributed by atoms with E-state index in [4.69, 9.17) is 11.6 Å². The lowest BCUT2D eigenvalue weighted by atomic mass is 10.1. The van der Waals surface area contributed by atoms with Gasteiger partial charge in [0, 0.05) is 27.1 Å². The maximum Gasteiger partial charge on any atom is 0.183 e. The molecule has 0 bridgehead atoms. The van der Waals surface area contributed by atoms with Gasteiger partial charge >= 0.3 is 0 Å². The third-order valence-electron chi connectivity index (χ3n) is 3.22.